The Hall–Kier alpha value is -9.36. The van der Waals surface area contributed by atoms with Gasteiger partial charge in [-0.1, -0.05) is 231 Å². The van der Waals surface area contributed by atoms with Crippen LogP contribution in [0.3, 0.4) is 0 Å². The van der Waals surface area contributed by atoms with Crippen molar-refractivity contribution in [3.05, 3.63) is 324 Å². The van der Waals surface area contributed by atoms with Crippen molar-refractivity contribution in [2.75, 3.05) is 0 Å². The third-order valence-corrected chi connectivity index (χ3v) is 17.1. The van der Waals surface area contributed by atoms with Gasteiger partial charge in [-0.15, -0.1) is 0 Å². The van der Waals surface area contributed by atoms with Crippen LogP contribution in [0.2, 0.25) is 0 Å². The molecule has 0 atom stereocenters. The van der Waals surface area contributed by atoms with E-state index in [0.29, 0.717) is 0 Å². The van der Waals surface area contributed by atoms with Gasteiger partial charge in [0, 0.05) is 0 Å². The number of rotatable bonds is 5. The van der Waals surface area contributed by atoms with Crippen molar-refractivity contribution in [2.45, 2.75) is 10.8 Å². The molecule has 0 aliphatic heterocycles. The second-order valence-electron chi connectivity index (χ2n) is 20.6. The maximum atomic E-state index is 2.54. The molecule has 0 fully saturated rings. The molecule has 12 aromatic carbocycles. The maximum absolute atomic E-state index is 2.54. The highest BCUT2D eigenvalue weighted by Crippen LogP contribution is 2.65. The van der Waals surface area contributed by atoms with Crippen molar-refractivity contribution >= 4 is 0 Å². The van der Waals surface area contributed by atoms with E-state index in [1.165, 1.54) is 145 Å². The molecule has 4 aliphatic carbocycles. The molecule has 4 aliphatic rings. The second kappa shape index (κ2) is 15.6. The Labute approximate surface area is 432 Å². The van der Waals surface area contributed by atoms with E-state index in [2.05, 4.69) is 279 Å². The quantitative estimate of drug-likeness (QED) is 0.161. The van der Waals surface area contributed by atoms with E-state index in [0.717, 1.165) is 0 Å². The highest BCUT2D eigenvalue weighted by atomic mass is 14.5. The zero-order chi connectivity index (χ0) is 48.5. The van der Waals surface area contributed by atoms with Crippen molar-refractivity contribution < 1.29 is 0 Å². The van der Waals surface area contributed by atoms with E-state index in [4.69, 9.17) is 0 Å². The lowest BCUT2D eigenvalue weighted by atomic mass is 9.70. The molecule has 2 spiro atoms. The summed E-state index contributed by atoms with van der Waals surface area (Å²) in [6, 6.07) is 105. The van der Waals surface area contributed by atoms with E-state index >= 15 is 0 Å². The van der Waals surface area contributed by atoms with Crippen LogP contribution in [0, 0.1) is 0 Å². The minimum absolute atomic E-state index is 0.443. The minimum Gasteiger partial charge on any atom is -0.0622 e. The molecule has 0 aromatic heterocycles. The molecule has 0 saturated carbocycles. The molecule has 0 saturated heterocycles. The van der Waals surface area contributed by atoms with Gasteiger partial charge in [0.05, 0.1) is 10.8 Å². The minimum atomic E-state index is -0.443. The van der Waals surface area contributed by atoms with E-state index in [9.17, 15) is 0 Å². The van der Waals surface area contributed by atoms with Crippen LogP contribution >= 0.6 is 0 Å². The maximum Gasteiger partial charge on any atom is 0.0725 e. The van der Waals surface area contributed by atoms with Crippen LogP contribution < -0.4 is 0 Å². The van der Waals surface area contributed by atoms with Crippen molar-refractivity contribution in [1.82, 2.24) is 0 Å². The topological polar surface area (TPSA) is 0 Å². The van der Waals surface area contributed by atoms with Gasteiger partial charge in [-0.25, -0.2) is 0 Å². The molecule has 16 rings (SSSR count). The normalized spacial score (nSPS) is 13.9. The van der Waals surface area contributed by atoms with Gasteiger partial charge in [-0.05, 0) is 193 Å². The standard InChI is InChI=1S/C74H46/c1-3-19-47(20-4-1)51-39-52(48-21-5-2-6-22-48)41-55(40-51)56-43-53(49-35-37-63-61-27-11-17-33-69(61)73(71(63)45-49)65-29-13-7-23-57(65)58-24-8-14-30-66(58)73)42-54(44-56)50-36-38-64-62-28-12-18-34-70(62)74(72(64)46-50)67-31-15-9-25-59(67)60-26-10-16-32-68(60)74/h1-46H. The van der Waals surface area contributed by atoms with Gasteiger partial charge < -0.3 is 0 Å². The Morgan fingerprint density at radius 1 is 0.135 bits per heavy atom. The van der Waals surface area contributed by atoms with Crippen LogP contribution in [0.5, 0.6) is 0 Å². The SMILES string of the molecule is c1ccc(-c2cc(-c3ccccc3)cc(-c3cc(-c4ccc5c(c4)C4(c6ccccc6-c6ccccc64)c4ccccc4-5)cc(-c4ccc5c(c4)C4(c6ccccc6-c6ccccc64)c4ccccc4-5)c3)c2)cc1. The number of fused-ring (bicyclic) bond motifs is 20. The van der Waals surface area contributed by atoms with Crippen molar-refractivity contribution in [2.24, 2.45) is 0 Å². The fourth-order valence-electron chi connectivity index (χ4n) is 14.1. The average Bonchev–Trinajstić information content (AvgIpc) is 4.16. The average molecular weight is 935 g/mol. The predicted molar refractivity (Wildman–Crippen MR) is 306 cm³/mol. The number of benzene rings is 12. The Kier molecular flexibility index (Phi) is 8.68. The van der Waals surface area contributed by atoms with E-state index in [1.54, 1.807) is 0 Å². The van der Waals surface area contributed by atoms with Gasteiger partial charge in [0.1, 0.15) is 0 Å². The van der Waals surface area contributed by atoms with Gasteiger partial charge in [0.25, 0.3) is 0 Å². The molecule has 0 N–H and O–H groups in total. The summed E-state index contributed by atoms with van der Waals surface area (Å²) in [5.74, 6) is 0. The molecule has 0 unspecified atom stereocenters. The van der Waals surface area contributed by atoms with Gasteiger partial charge in [0.15, 0.2) is 0 Å². The molecular weight excluding hydrogens is 889 g/mol. The highest BCUT2D eigenvalue weighted by molar-refractivity contribution is 5.99. The van der Waals surface area contributed by atoms with Crippen molar-refractivity contribution in [3.63, 3.8) is 0 Å². The summed E-state index contributed by atoms with van der Waals surface area (Å²) >= 11 is 0. The second-order valence-corrected chi connectivity index (χ2v) is 20.6. The van der Waals surface area contributed by atoms with E-state index in [-0.39, 0.29) is 0 Å². The third kappa shape index (κ3) is 5.57. The molecule has 0 nitrogen and oxygen atoms in total. The first-order chi connectivity index (χ1) is 36.7. The zero-order valence-corrected chi connectivity index (χ0v) is 40.6. The molecule has 12 aromatic rings. The molecule has 342 valence electrons. The molecule has 74 heavy (non-hydrogen) atoms. The van der Waals surface area contributed by atoms with Gasteiger partial charge in [0.2, 0.25) is 0 Å². The number of hydrogen-bond acceptors (Lipinski definition) is 0. The van der Waals surface area contributed by atoms with Crippen LogP contribution in [-0.4, -0.2) is 0 Å². The molecule has 0 heteroatoms. The third-order valence-electron chi connectivity index (χ3n) is 17.1. The molecule has 0 bridgehead atoms. The van der Waals surface area contributed by atoms with Gasteiger partial charge >= 0.3 is 0 Å². The first-order valence-electron chi connectivity index (χ1n) is 26.0. The fourth-order valence-corrected chi connectivity index (χ4v) is 14.1. The van der Waals surface area contributed by atoms with Crippen LogP contribution in [0.4, 0.5) is 0 Å². The Balaban J connectivity index is 0.956. The number of hydrogen-bond donors (Lipinski definition) is 0. The Bertz CT molecular complexity index is 3910. The summed E-state index contributed by atoms with van der Waals surface area (Å²) in [4.78, 5) is 0. The summed E-state index contributed by atoms with van der Waals surface area (Å²) < 4.78 is 0. The molecule has 0 amide bonds. The van der Waals surface area contributed by atoms with E-state index in [1.807, 2.05) is 0 Å². The molecular formula is C74H46. The Morgan fingerprint density at radius 3 is 0.635 bits per heavy atom. The lowest BCUT2D eigenvalue weighted by Crippen LogP contribution is -2.25. The van der Waals surface area contributed by atoms with Crippen LogP contribution in [0.1, 0.15) is 44.5 Å². The highest BCUT2D eigenvalue weighted by Gasteiger charge is 2.53. The molecule has 0 heterocycles. The Morgan fingerprint density at radius 2 is 0.351 bits per heavy atom. The lowest BCUT2D eigenvalue weighted by molar-refractivity contribution is 0.794. The summed E-state index contributed by atoms with van der Waals surface area (Å²) in [5, 5.41) is 0. The van der Waals surface area contributed by atoms with Crippen molar-refractivity contribution in [1.29, 1.82) is 0 Å². The fraction of sp³-hybridized carbons (Fsp3) is 0.0270. The molecule has 0 radical (unpaired) electrons. The van der Waals surface area contributed by atoms with Crippen LogP contribution in [0.25, 0.3) is 100 Å². The zero-order valence-electron chi connectivity index (χ0n) is 40.6. The monoisotopic (exact) mass is 934 g/mol. The summed E-state index contributed by atoms with van der Waals surface area (Å²) in [5.41, 5.74) is 32.3. The summed E-state index contributed by atoms with van der Waals surface area (Å²) in [6.45, 7) is 0. The predicted octanol–water partition coefficient (Wildman–Crippen LogP) is 18.7. The van der Waals surface area contributed by atoms with E-state index < -0.39 is 10.8 Å². The van der Waals surface area contributed by atoms with Crippen LogP contribution in [-0.2, 0) is 10.8 Å². The first kappa shape index (κ1) is 41.3. The van der Waals surface area contributed by atoms with Crippen molar-refractivity contribution in [3.8, 4) is 100 Å². The van der Waals surface area contributed by atoms with Crippen LogP contribution in [0.15, 0.2) is 279 Å². The largest absolute Gasteiger partial charge is 0.0725 e. The van der Waals surface area contributed by atoms with Gasteiger partial charge in [-0.3, -0.25) is 0 Å². The first-order valence-corrected chi connectivity index (χ1v) is 26.0. The smallest absolute Gasteiger partial charge is 0.0622 e. The summed E-state index contributed by atoms with van der Waals surface area (Å²) in [6.07, 6.45) is 0. The lowest BCUT2D eigenvalue weighted by Gasteiger charge is -2.31. The van der Waals surface area contributed by atoms with Gasteiger partial charge in [-0.2, -0.15) is 0 Å². The summed E-state index contributed by atoms with van der Waals surface area (Å²) in [7, 11) is 0.